The van der Waals surface area contributed by atoms with Crippen LogP contribution in [0, 0.1) is 5.92 Å². The number of hydrogen-bond acceptors (Lipinski definition) is 6. The van der Waals surface area contributed by atoms with Crippen molar-refractivity contribution in [1.29, 1.82) is 0 Å². The van der Waals surface area contributed by atoms with E-state index < -0.39 is 35.4 Å². The summed E-state index contributed by atoms with van der Waals surface area (Å²) in [6.07, 6.45) is 6.31. The molecule has 1 aromatic rings. The van der Waals surface area contributed by atoms with E-state index in [1.807, 2.05) is 0 Å². The van der Waals surface area contributed by atoms with Crippen molar-refractivity contribution < 1.29 is 27.5 Å². The number of likely N-dealkylation sites (N-methyl/N-ethyl adjacent to an activating group) is 1. The van der Waals surface area contributed by atoms with E-state index in [4.69, 9.17) is 10.5 Å². The lowest BCUT2D eigenvalue weighted by Gasteiger charge is -2.15. The van der Waals surface area contributed by atoms with Gasteiger partial charge in [-0.05, 0) is 25.5 Å². The van der Waals surface area contributed by atoms with Crippen molar-refractivity contribution >= 4 is 24.0 Å². The molecule has 2 heterocycles. The molecular weight excluding hydrogens is 451 g/mol. The van der Waals surface area contributed by atoms with E-state index >= 15 is 0 Å². The Hall–Kier alpha value is -4.02. The van der Waals surface area contributed by atoms with Gasteiger partial charge in [0.1, 0.15) is 11.3 Å². The molecule has 0 fully saturated rings. The van der Waals surface area contributed by atoms with Crippen molar-refractivity contribution in [2.75, 3.05) is 13.6 Å². The number of alkyl halides is 3. The Morgan fingerprint density at radius 3 is 2.62 bits per heavy atom. The smallest absolute Gasteiger partial charge is 0.423 e. The van der Waals surface area contributed by atoms with Crippen molar-refractivity contribution in [2.24, 2.45) is 16.6 Å². The summed E-state index contributed by atoms with van der Waals surface area (Å²) >= 11 is 0. The molecule has 34 heavy (non-hydrogen) atoms. The van der Waals surface area contributed by atoms with Gasteiger partial charge in [0.25, 0.3) is 11.9 Å². The minimum atomic E-state index is -4.82. The third-order valence-corrected chi connectivity index (χ3v) is 4.53. The van der Waals surface area contributed by atoms with Gasteiger partial charge in [-0.25, -0.2) is 9.98 Å². The van der Waals surface area contributed by atoms with Crippen LogP contribution in [-0.4, -0.2) is 46.5 Å². The summed E-state index contributed by atoms with van der Waals surface area (Å²) in [4.78, 5) is 36.4. The van der Waals surface area contributed by atoms with Gasteiger partial charge in [-0.3, -0.25) is 9.59 Å². The molecule has 1 aromatic heterocycles. The predicted molar refractivity (Wildman–Crippen MR) is 121 cm³/mol. The third kappa shape index (κ3) is 6.50. The molecular formula is C23H24F3N5O3. The van der Waals surface area contributed by atoms with E-state index in [1.165, 1.54) is 23.3 Å². The molecule has 0 aliphatic carbocycles. The van der Waals surface area contributed by atoms with Crippen LogP contribution in [0.1, 0.15) is 19.4 Å². The van der Waals surface area contributed by atoms with E-state index in [0.29, 0.717) is 11.8 Å². The molecule has 0 bridgehead atoms. The maximum atomic E-state index is 13.5. The zero-order chi connectivity index (χ0) is 25.5. The van der Waals surface area contributed by atoms with Gasteiger partial charge >= 0.3 is 6.18 Å². The van der Waals surface area contributed by atoms with E-state index in [-0.39, 0.29) is 23.8 Å². The van der Waals surface area contributed by atoms with Crippen molar-refractivity contribution in [2.45, 2.75) is 20.0 Å². The summed E-state index contributed by atoms with van der Waals surface area (Å²) in [6, 6.07) is 0. The number of carbonyl (C=O) groups is 2. The van der Waals surface area contributed by atoms with Gasteiger partial charge in [0, 0.05) is 26.0 Å². The second-order valence-corrected chi connectivity index (χ2v) is 7.09. The molecule has 11 heteroatoms. The van der Waals surface area contributed by atoms with E-state index in [2.05, 4.69) is 21.5 Å². The monoisotopic (exact) mass is 475 g/mol. The molecule has 8 nitrogen and oxygen atoms in total. The van der Waals surface area contributed by atoms with Crippen LogP contribution < -0.4 is 10.5 Å². The number of aromatic nitrogens is 2. The maximum absolute atomic E-state index is 13.5. The van der Waals surface area contributed by atoms with E-state index in [9.17, 15) is 22.8 Å². The maximum Gasteiger partial charge on any atom is 0.423 e. The molecule has 2 N–H and O–H groups in total. The molecule has 2 amide bonds. The summed E-state index contributed by atoms with van der Waals surface area (Å²) in [6.45, 7) is 7.37. The first-order valence-corrected chi connectivity index (χ1v) is 10.0. The van der Waals surface area contributed by atoms with Gasteiger partial charge < -0.3 is 15.4 Å². The molecule has 2 rings (SSSR count). The number of primary amides is 1. The number of carbonyl (C=O) groups excluding carboxylic acids is 2. The highest BCUT2D eigenvalue weighted by Gasteiger charge is 2.37. The van der Waals surface area contributed by atoms with Gasteiger partial charge in [-0.15, -0.1) is 0 Å². The zero-order valence-electron chi connectivity index (χ0n) is 18.8. The Bertz CT molecular complexity index is 1120. The fourth-order valence-corrected chi connectivity index (χ4v) is 2.97. The number of aliphatic imine (C=N–C) groups is 1. The molecule has 0 saturated carbocycles. The van der Waals surface area contributed by atoms with Gasteiger partial charge in [-0.2, -0.15) is 18.2 Å². The van der Waals surface area contributed by atoms with E-state index in [0.717, 1.165) is 0 Å². The molecule has 1 unspecified atom stereocenters. The average molecular weight is 475 g/mol. The number of nitrogens with two attached hydrogens (primary N) is 1. The average Bonchev–Trinajstić information content (AvgIpc) is 3.03. The first-order chi connectivity index (χ1) is 16.0. The van der Waals surface area contributed by atoms with Crippen molar-refractivity contribution in [3.05, 3.63) is 71.7 Å². The number of allylic oxidation sites excluding steroid dienone is 3. The Kier molecular flexibility index (Phi) is 8.65. The summed E-state index contributed by atoms with van der Waals surface area (Å²) in [5.41, 5.74) is 4.62. The Labute approximate surface area is 194 Å². The number of amides is 2. The number of ether oxygens (including phenoxy) is 1. The van der Waals surface area contributed by atoms with Crippen molar-refractivity contribution in [3.8, 4) is 5.88 Å². The highest BCUT2D eigenvalue weighted by atomic mass is 19.4. The minimum Gasteiger partial charge on any atom is -0.438 e. The number of nitrogens with zero attached hydrogens (tertiary/aromatic N) is 4. The SMILES string of the molecule is C=C(Oc1nc(N=C/C=C\C(C=CC)C(N)=O)ncc1C(F)(F)F)C1=C(C=CC)CN(C)C1=O. The third-order valence-electron chi connectivity index (χ3n) is 4.53. The van der Waals surface area contributed by atoms with Crippen LogP contribution in [0.5, 0.6) is 5.88 Å². The van der Waals surface area contributed by atoms with Crippen LogP contribution >= 0.6 is 0 Å². The van der Waals surface area contributed by atoms with Crippen molar-refractivity contribution in [3.63, 3.8) is 0 Å². The largest absolute Gasteiger partial charge is 0.438 e. The fraction of sp³-hybridized carbons (Fsp3) is 0.261. The summed E-state index contributed by atoms with van der Waals surface area (Å²) < 4.78 is 45.8. The zero-order valence-corrected chi connectivity index (χ0v) is 18.8. The lowest BCUT2D eigenvalue weighted by molar-refractivity contribution is -0.139. The quantitative estimate of drug-likeness (QED) is 0.333. The van der Waals surface area contributed by atoms with Crippen LogP contribution in [0.3, 0.4) is 0 Å². The highest BCUT2D eigenvalue weighted by molar-refractivity contribution is 6.01. The number of hydrogen-bond donors (Lipinski definition) is 1. The molecule has 1 aliphatic rings. The van der Waals surface area contributed by atoms with Gasteiger partial charge in [0.2, 0.25) is 11.8 Å². The lowest BCUT2D eigenvalue weighted by Crippen LogP contribution is -2.23. The van der Waals surface area contributed by atoms with Crippen LogP contribution in [0.15, 0.2) is 71.1 Å². The second-order valence-electron chi connectivity index (χ2n) is 7.09. The lowest BCUT2D eigenvalue weighted by atomic mass is 10.1. The standard InChI is InChI=1S/C23H24F3N5O3/c1-5-8-15(19(27)32)10-7-11-28-22-29-12-17(23(24,25)26)20(30-22)34-14(3)18-16(9-6-2)13-31(4)21(18)33/h5-12,15H,3,13H2,1-2,4H3,(H2,27,32)/b8-5?,9-6?,10-7-,28-11?. The molecule has 1 atom stereocenters. The predicted octanol–water partition coefficient (Wildman–Crippen LogP) is 3.67. The molecule has 180 valence electrons. The topological polar surface area (TPSA) is 111 Å². The van der Waals surface area contributed by atoms with Gasteiger partial charge in [0.15, 0.2) is 0 Å². The number of rotatable bonds is 9. The van der Waals surface area contributed by atoms with Gasteiger partial charge in [-0.1, -0.05) is 37.0 Å². The van der Waals surface area contributed by atoms with Crippen LogP contribution in [-0.2, 0) is 15.8 Å². The summed E-state index contributed by atoms with van der Waals surface area (Å²) in [7, 11) is 1.55. The molecule has 0 radical (unpaired) electrons. The first-order valence-electron chi connectivity index (χ1n) is 10.0. The Morgan fingerprint density at radius 2 is 2.03 bits per heavy atom. The molecule has 1 aliphatic heterocycles. The van der Waals surface area contributed by atoms with Crippen LogP contribution in [0.2, 0.25) is 0 Å². The van der Waals surface area contributed by atoms with Gasteiger partial charge in [0.05, 0.1) is 11.5 Å². The first kappa shape index (κ1) is 26.2. The minimum absolute atomic E-state index is 0.0572. The highest BCUT2D eigenvalue weighted by Crippen LogP contribution is 2.37. The second kappa shape index (κ2) is 11.2. The van der Waals surface area contributed by atoms with Crippen molar-refractivity contribution in [1.82, 2.24) is 14.9 Å². The fourth-order valence-electron chi connectivity index (χ4n) is 2.97. The molecule has 0 saturated heterocycles. The van der Waals surface area contributed by atoms with Crippen LogP contribution in [0.25, 0.3) is 0 Å². The molecule has 0 aromatic carbocycles. The summed E-state index contributed by atoms with van der Waals surface area (Å²) in [5, 5.41) is 0. The van der Waals surface area contributed by atoms with Crippen LogP contribution in [0.4, 0.5) is 19.1 Å². The van der Waals surface area contributed by atoms with E-state index in [1.54, 1.807) is 45.2 Å². The number of halogens is 3. The Morgan fingerprint density at radius 1 is 1.32 bits per heavy atom. The Balaban J connectivity index is 2.37. The molecule has 0 spiro atoms. The normalized spacial score (nSPS) is 16.1. The summed E-state index contributed by atoms with van der Waals surface area (Å²) in [5.74, 6) is -3.15.